The fourth-order valence-electron chi connectivity index (χ4n) is 3.91. The van der Waals surface area contributed by atoms with Crippen LogP contribution in [-0.2, 0) is 26.3 Å². The van der Waals surface area contributed by atoms with Gasteiger partial charge in [-0.3, -0.25) is 9.59 Å². The Balaban J connectivity index is 2.55. The molecule has 9 heteroatoms. The number of nitrogens with one attached hydrogen (secondary N) is 1. The van der Waals surface area contributed by atoms with E-state index >= 15 is 0 Å². The Hall–Kier alpha value is -2.91. The Morgan fingerprint density at radius 1 is 0.971 bits per heavy atom. The van der Waals surface area contributed by atoms with Crippen LogP contribution in [0.5, 0.6) is 0 Å². The van der Waals surface area contributed by atoms with Gasteiger partial charge in [0.15, 0.2) is 0 Å². The summed E-state index contributed by atoms with van der Waals surface area (Å²) in [5.41, 5.74) is 3.95. The van der Waals surface area contributed by atoms with Crippen molar-refractivity contribution in [1.82, 2.24) is 14.5 Å². The van der Waals surface area contributed by atoms with Crippen LogP contribution in [0.15, 0.2) is 42.5 Å². The van der Waals surface area contributed by atoms with E-state index in [0.29, 0.717) is 18.7 Å². The molecule has 2 aromatic carbocycles. The molecule has 192 valence electrons. The van der Waals surface area contributed by atoms with Gasteiger partial charge >= 0.3 is 10.2 Å². The summed E-state index contributed by atoms with van der Waals surface area (Å²) in [5.74, 6) is -0.708. The normalized spacial score (nSPS) is 12.3. The highest BCUT2D eigenvalue weighted by Crippen LogP contribution is 2.26. The van der Waals surface area contributed by atoms with Gasteiger partial charge in [-0.1, -0.05) is 48.9 Å². The van der Waals surface area contributed by atoms with E-state index in [4.69, 9.17) is 0 Å². The fourth-order valence-corrected chi connectivity index (χ4v) is 5.02. The Bertz CT molecular complexity index is 1150. The lowest BCUT2D eigenvalue weighted by Crippen LogP contribution is -2.53. The monoisotopic (exact) mass is 502 g/mol. The van der Waals surface area contributed by atoms with Crippen molar-refractivity contribution < 1.29 is 18.0 Å². The smallest absolute Gasteiger partial charge is 0.304 e. The average Bonchev–Trinajstić information content (AvgIpc) is 2.79. The number of amides is 2. The van der Waals surface area contributed by atoms with Gasteiger partial charge in [0.1, 0.15) is 12.6 Å². The van der Waals surface area contributed by atoms with Crippen molar-refractivity contribution in [3.63, 3.8) is 0 Å². The maximum Gasteiger partial charge on any atom is 0.304 e. The van der Waals surface area contributed by atoms with E-state index in [1.807, 2.05) is 71.0 Å². The van der Waals surface area contributed by atoms with Crippen LogP contribution in [0.3, 0.4) is 0 Å². The van der Waals surface area contributed by atoms with Crippen LogP contribution in [0.4, 0.5) is 5.69 Å². The van der Waals surface area contributed by atoms with E-state index in [9.17, 15) is 18.0 Å². The summed E-state index contributed by atoms with van der Waals surface area (Å²) in [5, 5.41) is 2.81. The molecule has 0 heterocycles. The molecule has 1 N–H and O–H groups in total. The Morgan fingerprint density at radius 3 is 2.20 bits per heavy atom. The molecule has 0 spiro atoms. The molecular weight excluding hydrogens is 464 g/mol. The third-order valence-corrected chi connectivity index (χ3v) is 7.63. The number of aryl methyl sites for hydroxylation is 3. The lowest BCUT2D eigenvalue weighted by molar-refractivity contribution is -0.140. The Morgan fingerprint density at radius 2 is 1.63 bits per heavy atom. The molecule has 0 aliphatic heterocycles. The van der Waals surface area contributed by atoms with Gasteiger partial charge in [0.2, 0.25) is 11.8 Å². The predicted molar refractivity (Wildman–Crippen MR) is 140 cm³/mol. The van der Waals surface area contributed by atoms with Crippen LogP contribution in [0, 0.1) is 20.8 Å². The first-order chi connectivity index (χ1) is 16.4. The van der Waals surface area contributed by atoms with Crippen molar-refractivity contribution in [3.8, 4) is 0 Å². The number of carbonyl (C=O) groups is 2. The van der Waals surface area contributed by atoms with Gasteiger partial charge in [-0.15, -0.1) is 0 Å². The summed E-state index contributed by atoms with van der Waals surface area (Å²) >= 11 is 0. The highest BCUT2D eigenvalue weighted by molar-refractivity contribution is 7.90. The zero-order valence-electron chi connectivity index (χ0n) is 21.8. The van der Waals surface area contributed by atoms with E-state index in [2.05, 4.69) is 5.32 Å². The molecular formula is C26H38N4O4S. The minimum Gasteiger partial charge on any atom is -0.355 e. The van der Waals surface area contributed by atoms with Crippen LogP contribution >= 0.6 is 0 Å². The first kappa shape index (κ1) is 28.3. The molecule has 8 nitrogen and oxygen atoms in total. The molecule has 1 atom stereocenters. The van der Waals surface area contributed by atoms with Gasteiger partial charge in [-0.25, -0.2) is 4.31 Å². The third kappa shape index (κ3) is 7.05. The van der Waals surface area contributed by atoms with Crippen LogP contribution in [0.1, 0.15) is 42.5 Å². The second-order valence-electron chi connectivity index (χ2n) is 8.92. The first-order valence-electron chi connectivity index (χ1n) is 11.8. The quantitative estimate of drug-likeness (QED) is 0.511. The number of nitrogens with zero attached hydrogens (tertiary/aromatic N) is 3. The standard InChI is InChI=1S/C26H38N4O4S/c1-8-23(26(32)27-9-2)29(17-22-12-10-11-19(3)15-22)25(31)18-30(35(33,34)28(6)7)24-16-20(4)13-14-21(24)5/h10-16,23H,8-9,17-18H2,1-7H3,(H,27,32)/t23-/m0/s1. The zero-order valence-corrected chi connectivity index (χ0v) is 22.6. The molecule has 35 heavy (non-hydrogen) atoms. The highest BCUT2D eigenvalue weighted by atomic mass is 32.2. The lowest BCUT2D eigenvalue weighted by Gasteiger charge is -2.34. The average molecular weight is 503 g/mol. The topological polar surface area (TPSA) is 90.0 Å². The van der Waals surface area contributed by atoms with Crippen LogP contribution < -0.4 is 9.62 Å². The van der Waals surface area contributed by atoms with Crippen molar-refractivity contribution in [3.05, 3.63) is 64.7 Å². The van der Waals surface area contributed by atoms with Gasteiger partial charge in [-0.2, -0.15) is 12.7 Å². The molecule has 2 aromatic rings. The number of hydrogen-bond acceptors (Lipinski definition) is 4. The van der Waals surface area contributed by atoms with Gasteiger partial charge < -0.3 is 10.2 Å². The van der Waals surface area contributed by atoms with Crippen LogP contribution in [-0.4, -0.2) is 62.7 Å². The van der Waals surface area contributed by atoms with Crippen molar-refractivity contribution >= 4 is 27.7 Å². The molecule has 0 bridgehead atoms. The number of benzene rings is 2. The molecule has 0 aliphatic rings. The van der Waals surface area contributed by atoms with Crippen molar-refractivity contribution in [2.75, 3.05) is 31.5 Å². The molecule has 0 aromatic heterocycles. The summed E-state index contributed by atoms with van der Waals surface area (Å²) < 4.78 is 28.9. The van der Waals surface area contributed by atoms with E-state index < -0.39 is 28.7 Å². The number of hydrogen-bond donors (Lipinski definition) is 1. The number of likely N-dealkylation sites (N-methyl/N-ethyl adjacent to an activating group) is 1. The highest BCUT2D eigenvalue weighted by Gasteiger charge is 2.34. The first-order valence-corrected chi connectivity index (χ1v) is 13.2. The number of anilines is 1. The summed E-state index contributed by atoms with van der Waals surface area (Å²) in [6.45, 7) is 9.51. The van der Waals surface area contributed by atoms with Crippen molar-refractivity contribution in [2.45, 2.75) is 53.6 Å². The summed E-state index contributed by atoms with van der Waals surface area (Å²) in [7, 11) is -1.11. The third-order valence-electron chi connectivity index (χ3n) is 5.82. The molecule has 0 aliphatic carbocycles. The minimum absolute atomic E-state index is 0.193. The second-order valence-corrected chi connectivity index (χ2v) is 11.0. The summed E-state index contributed by atoms with van der Waals surface area (Å²) in [4.78, 5) is 28.2. The Labute approximate surface area is 210 Å². The molecule has 0 saturated carbocycles. The van der Waals surface area contributed by atoms with Crippen LogP contribution in [0.2, 0.25) is 0 Å². The SMILES string of the molecule is CCNC(=O)[C@H](CC)N(Cc1cccc(C)c1)C(=O)CN(c1cc(C)ccc1C)S(=O)(=O)N(C)C. The molecule has 0 saturated heterocycles. The van der Waals surface area contributed by atoms with E-state index in [0.717, 1.165) is 30.9 Å². The number of rotatable bonds is 11. The molecule has 0 radical (unpaired) electrons. The van der Waals surface area contributed by atoms with Gasteiger partial charge in [0.25, 0.3) is 0 Å². The minimum atomic E-state index is -3.98. The van der Waals surface area contributed by atoms with E-state index in [1.165, 1.54) is 19.0 Å². The zero-order chi connectivity index (χ0) is 26.3. The summed E-state index contributed by atoms with van der Waals surface area (Å²) in [6, 6.07) is 12.5. The van der Waals surface area contributed by atoms with Gasteiger partial charge in [-0.05, 0) is 56.9 Å². The van der Waals surface area contributed by atoms with E-state index in [1.54, 1.807) is 6.07 Å². The van der Waals surface area contributed by atoms with Gasteiger partial charge in [0.05, 0.1) is 5.69 Å². The van der Waals surface area contributed by atoms with Crippen molar-refractivity contribution in [1.29, 1.82) is 0 Å². The fraction of sp³-hybridized carbons (Fsp3) is 0.462. The molecule has 2 rings (SSSR count). The maximum atomic E-state index is 13.8. The molecule has 0 unspecified atom stereocenters. The molecule has 2 amide bonds. The maximum absolute atomic E-state index is 13.8. The van der Waals surface area contributed by atoms with Gasteiger partial charge in [0, 0.05) is 27.2 Å². The van der Waals surface area contributed by atoms with E-state index in [-0.39, 0.29) is 12.5 Å². The largest absolute Gasteiger partial charge is 0.355 e. The second kappa shape index (κ2) is 12.2. The lowest BCUT2D eigenvalue weighted by atomic mass is 10.1. The van der Waals surface area contributed by atoms with Crippen molar-refractivity contribution in [2.24, 2.45) is 0 Å². The molecule has 0 fully saturated rings. The summed E-state index contributed by atoms with van der Waals surface area (Å²) in [6.07, 6.45) is 0.396. The predicted octanol–water partition coefficient (Wildman–Crippen LogP) is 3.17. The van der Waals surface area contributed by atoms with Crippen LogP contribution in [0.25, 0.3) is 0 Å². The number of carbonyl (C=O) groups excluding carboxylic acids is 2. The Kier molecular flexibility index (Phi) is 9.85.